The zero-order valence-corrected chi connectivity index (χ0v) is 14.5. The molecule has 0 heterocycles. The summed E-state index contributed by atoms with van der Waals surface area (Å²) in [6.07, 6.45) is 6.39. The maximum absolute atomic E-state index is 12.6. The van der Waals surface area contributed by atoms with Gasteiger partial charge in [0.25, 0.3) is 5.91 Å². The Morgan fingerprint density at radius 1 is 1.08 bits per heavy atom. The first-order valence-corrected chi connectivity index (χ1v) is 9.15. The van der Waals surface area contributed by atoms with Gasteiger partial charge in [-0.05, 0) is 86.0 Å². The molecule has 134 valence electrons. The number of benzene rings is 1. The number of amides is 1. The molecule has 1 atom stereocenters. The van der Waals surface area contributed by atoms with E-state index in [0.717, 1.165) is 19.3 Å². The lowest BCUT2D eigenvalue weighted by Gasteiger charge is -2.59. The van der Waals surface area contributed by atoms with Crippen LogP contribution >= 0.6 is 0 Å². The molecule has 5 nitrogen and oxygen atoms in total. The van der Waals surface area contributed by atoms with E-state index >= 15 is 0 Å². The van der Waals surface area contributed by atoms with Gasteiger partial charge in [-0.25, -0.2) is 0 Å². The predicted octanol–water partition coefficient (Wildman–Crippen LogP) is 1.76. The first kappa shape index (κ1) is 16.4. The highest BCUT2D eigenvalue weighted by Crippen LogP contribution is 2.61. The highest BCUT2D eigenvalue weighted by Gasteiger charge is 2.54. The first-order valence-electron chi connectivity index (χ1n) is 9.15. The molecule has 1 amide bonds. The minimum atomic E-state index is -1.15. The van der Waals surface area contributed by atoms with Crippen LogP contribution in [-0.4, -0.2) is 25.0 Å². The lowest BCUT2D eigenvalue weighted by molar-refractivity contribution is -0.313. The summed E-state index contributed by atoms with van der Waals surface area (Å²) in [5.41, 5.74) is 0.118. The van der Waals surface area contributed by atoms with Crippen molar-refractivity contribution in [1.82, 2.24) is 5.32 Å². The van der Waals surface area contributed by atoms with E-state index in [1.165, 1.54) is 19.3 Å². The molecule has 1 aromatic rings. The standard InChI is InChI=1S/C20H25NO4/c1-25-16-4-2-15(3-5-16)18(22)21-17(19(23)24)20-9-12-6-13(10-20)8-14(7-12)11-20/h2-5,12-14,17H,6-11H2,1H3,(H,21,22)(H,23,24)/p-1/t12?,13?,14?,17-,20?/m1/s1. The van der Waals surface area contributed by atoms with Crippen LogP contribution in [0.5, 0.6) is 5.75 Å². The number of aliphatic carboxylic acids is 1. The van der Waals surface area contributed by atoms with E-state index in [4.69, 9.17) is 4.74 Å². The fraction of sp³-hybridized carbons (Fsp3) is 0.600. The number of rotatable bonds is 5. The molecule has 0 unspecified atom stereocenters. The minimum absolute atomic E-state index is 0.324. The number of carbonyl (C=O) groups excluding carboxylic acids is 2. The van der Waals surface area contributed by atoms with Crippen LogP contribution in [0.3, 0.4) is 0 Å². The lowest BCUT2D eigenvalue weighted by atomic mass is 9.47. The highest BCUT2D eigenvalue weighted by atomic mass is 16.5. The summed E-state index contributed by atoms with van der Waals surface area (Å²) in [7, 11) is 1.56. The minimum Gasteiger partial charge on any atom is -0.548 e. The molecular formula is C20H24NO4-. The van der Waals surface area contributed by atoms with Crippen LogP contribution in [0.2, 0.25) is 0 Å². The van der Waals surface area contributed by atoms with Crippen molar-refractivity contribution in [2.75, 3.05) is 7.11 Å². The topological polar surface area (TPSA) is 78.5 Å². The summed E-state index contributed by atoms with van der Waals surface area (Å²) in [4.78, 5) is 24.5. The molecule has 4 saturated carbocycles. The van der Waals surface area contributed by atoms with Crippen molar-refractivity contribution < 1.29 is 19.4 Å². The average Bonchev–Trinajstić information content (AvgIpc) is 2.58. The Morgan fingerprint density at radius 3 is 2.04 bits per heavy atom. The van der Waals surface area contributed by atoms with E-state index in [-0.39, 0.29) is 11.3 Å². The third-order valence-electron chi connectivity index (χ3n) is 6.56. The van der Waals surface area contributed by atoms with Crippen LogP contribution in [0.15, 0.2) is 24.3 Å². The van der Waals surface area contributed by atoms with Gasteiger partial charge >= 0.3 is 0 Å². The molecule has 5 rings (SSSR count). The summed E-state index contributed by atoms with van der Waals surface area (Å²) in [5, 5.41) is 14.7. The summed E-state index contributed by atoms with van der Waals surface area (Å²) in [6.45, 7) is 0. The van der Waals surface area contributed by atoms with E-state index in [1.807, 2.05) is 0 Å². The van der Waals surface area contributed by atoms with Crippen LogP contribution in [-0.2, 0) is 4.79 Å². The zero-order chi connectivity index (χ0) is 17.6. The molecule has 1 aromatic carbocycles. The number of hydrogen-bond acceptors (Lipinski definition) is 4. The third kappa shape index (κ3) is 2.90. The van der Waals surface area contributed by atoms with E-state index < -0.39 is 12.0 Å². The molecule has 5 heteroatoms. The van der Waals surface area contributed by atoms with Crippen LogP contribution in [0.1, 0.15) is 48.9 Å². The molecule has 0 aliphatic heterocycles. The van der Waals surface area contributed by atoms with Crippen molar-refractivity contribution in [1.29, 1.82) is 0 Å². The van der Waals surface area contributed by atoms with E-state index in [1.54, 1.807) is 31.4 Å². The Morgan fingerprint density at radius 2 is 1.60 bits per heavy atom. The normalized spacial score (nSPS) is 33.7. The van der Waals surface area contributed by atoms with Crippen molar-refractivity contribution in [2.24, 2.45) is 23.2 Å². The second-order valence-corrected chi connectivity index (χ2v) is 8.23. The molecule has 4 bridgehead atoms. The smallest absolute Gasteiger partial charge is 0.251 e. The maximum Gasteiger partial charge on any atom is 0.251 e. The number of carboxylic acids is 1. The fourth-order valence-corrected chi connectivity index (χ4v) is 5.95. The quantitative estimate of drug-likeness (QED) is 0.884. The van der Waals surface area contributed by atoms with Gasteiger partial charge in [-0.1, -0.05) is 0 Å². The van der Waals surface area contributed by atoms with Gasteiger partial charge in [0.05, 0.1) is 19.1 Å². The van der Waals surface area contributed by atoms with Gasteiger partial charge in [-0.3, -0.25) is 4.79 Å². The molecule has 25 heavy (non-hydrogen) atoms. The monoisotopic (exact) mass is 342 g/mol. The van der Waals surface area contributed by atoms with Crippen molar-refractivity contribution in [2.45, 2.75) is 44.6 Å². The number of carbonyl (C=O) groups is 2. The van der Waals surface area contributed by atoms with Gasteiger partial charge in [0.2, 0.25) is 0 Å². The second-order valence-electron chi connectivity index (χ2n) is 8.23. The second kappa shape index (κ2) is 6.04. The molecule has 4 aliphatic rings. The lowest BCUT2D eigenvalue weighted by Crippen LogP contribution is -2.62. The van der Waals surface area contributed by atoms with Gasteiger partial charge in [-0.2, -0.15) is 0 Å². The van der Waals surface area contributed by atoms with Gasteiger partial charge in [0.1, 0.15) is 5.75 Å². The number of nitrogens with one attached hydrogen (secondary N) is 1. The number of hydrogen-bond donors (Lipinski definition) is 1. The van der Waals surface area contributed by atoms with Gasteiger partial charge in [0.15, 0.2) is 0 Å². The molecule has 1 N–H and O–H groups in total. The number of methoxy groups -OCH3 is 1. The Hall–Kier alpha value is -2.04. The fourth-order valence-electron chi connectivity index (χ4n) is 5.95. The Kier molecular flexibility index (Phi) is 3.97. The first-order chi connectivity index (χ1) is 12.0. The molecule has 0 radical (unpaired) electrons. The van der Waals surface area contributed by atoms with Gasteiger partial charge in [-0.15, -0.1) is 0 Å². The van der Waals surface area contributed by atoms with Crippen LogP contribution in [0.25, 0.3) is 0 Å². The van der Waals surface area contributed by atoms with Crippen molar-refractivity contribution >= 4 is 11.9 Å². The number of ether oxygens (including phenoxy) is 1. The third-order valence-corrected chi connectivity index (χ3v) is 6.56. The van der Waals surface area contributed by atoms with Crippen LogP contribution < -0.4 is 15.2 Å². The molecular weight excluding hydrogens is 318 g/mol. The zero-order valence-electron chi connectivity index (χ0n) is 14.5. The molecule has 0 aromatic heterocycles. The van der Waals surface area contributed by atoms with Crippen LogP contribution in [0.4, 0.5) is 0 Å². The summed E-state index contributed by atoms with van der Waals surface area (Å²) in [5.74, 6) is 1.01. The molecule has 0 saturated heterocycles. The van der Waals surface area contributed by atoms with E-state index in [2.05, 4.69) is 5.32 Å². The summed E-state index contributed by atoms with van der Waals surface area (Å²) < 4.78 is 5.10. The Balaban J connectivity index is 1.55. The van der Waals surface area contributed by atoms with Gasteiger partial charge < -0.3 is 20.0 Å². The predicted molar refractivity (Wildman–Crippen MR) is 89.9 cm³/mol. The van der Waals surface area contributed by atoms with E-state index in [9.17, 15) is 14.7 Å². The Bertz CT molecular complexity index is 646. The number of carboxylic acid groups (broad SMARTS) is 1. The Labute approximate surface area is 147 Å². The summed E-state index contributed by atoms with van der Waals surface area (Å²) in [6, 6.07) is 5.80. The summed E-state index contributed by atoms with van der Waals surface area (Å²) >= 11 is 0. The van der Waals surface area contributed by atoms with Gasteiger partial charge in [0, 0.05) is 5.56 Å². The molecule has 4 aliphatic carbocycles. The molecule has 0 spiro atoms. The molecule has 4 fully saturated rings. The largest absolute Gasteiger partial charge is 0.548 e. The van der Waals surface area contributed by atoms with E-state index in [0.29, 0.717) is 29.1 Å². The van der Waals surface area contributed by atoms with Crippen molar-refractivity contribution in [3.05, 3.63) is 29.8 Å². The maximum atomic E-state index is 12.6. The van der Waals surface area contributed by atoms with Crippen molar-refractivity contribution in [3.8, 4) is 5.75 Å². The van der Waals surface area contributed by atoms with Crippen LogP contribution in [0, 0.1) is 23.2 Å². The SMILES string of the molecule is COc1ccc(C(=O)N[C@H](C(=O)[O-])C23CC4CC(CC(C4)C2)C3)cc1. The average molecular weight is 342 g/mol. The highest BCUT2D eigenvalue weighted by molar-refractivity contribution is 5.96. The van der Waals surface area contributed by atoms with Crippen molar-refractivity contribution in [3.63, 3.8) is 0 Å².